The van der Waals surface area contributed by atoms with Crippen LogP contribution in [-0.4, -0.2) is 26.1 Å². The molecule has 1 aliphatic rings. The predicted molar refractivity (Wildman–Crippen MR) is 124 cm³/mol. The number of aliphatic imine (C=N–C) groups is 2. The van der Waals surface area contributed by atoms with Crippen molar-refractivity contribution in [2.45, 2.75) is 54.1 Å². The summed E-state index contributed by atoms with van der Waals surface area (Å²) < 4.78 is 15.5. The van der Waals surface area contributed by atoms with E-state index < -0.39 is 0 Å². The van der Waals surface area contributed by atoms with Gasteiger partial charge in [0.05, 0.1) is 11.4 Å². The van der Waals surface area contributed by atoms with Crippen LogP contribution in [0, 0.1) is 16.6 Å². The highest BCUT2D eigenvalue weighted by molar-refractivity contribution is 6.15. The Morgan fingerprint density at radius 3 is 2.26 bits per heavy atom. The minimum absolute atomic E-state index is 0.0173. The molecule has 0 aliphatic carbocycles. The second kappa shape index (κ2) is 7.25. The minimum Gasteiger partial charge on any atom is -0.369 e. The molecule has 31 heavy (non-hydrogen) atoms. The Bertz CT molecular complexity index is 1190. The highest BCUT2D eigenvalue weighted by Crippen LogP contribution is 2.33. The molecule has 0 unspecified atom stereocenters. The standard InChI is InChI=1S/C24H29FN6/c1-23(2,3)13-31-20-17(28-22(31)26)12-11-16(27-20)19-18(14-7-9-15(25)10-8-14)29-21(30-19)24(4,5)6/h7-12,18H,13H2,1-6H3,(H2,26,28)/t18-/m1/s1. The van der Waals surface area contributed by atoms with Gasteiger partial charge in [0.25, 0.3) is 0 Å². The number of hydrogen-bond donors (Lipinski definition) is 1. The van der Waals surface area contributed by atoms with Gasteiger partial charge in [-0.15, -0.1) is 0 Å². The van der Waals surface area contributed by atoms with Gasteiger partial charge in [0.15, 0.2) is 5.65 Å². The van der Waals surface area contributed by atoms with Gasteiger partial charge in [-0.3, -0.25) is 9.56 Å². The lowest BCUT2D eigenvalue weighted by molar-refractivity contribution is 0.350. The van der Waals surface area contributed by atoms with E-state index in [1.807, 2.05) is 16.7 Å². The summed E-state index contributed by atoms with van der Waals surface area (Å²) >= 11 is 0. The van der Waals surface area contributed by atoms with Crippen molar-refractivity contribution >= 4 is 28.7 Å². The first kappa shape index (κ1) is 21.2. The Kier molecular flexibility index (Phi) is 4.95. The molecule has 3 heterocycles. The molecule has 0 radical (unpaired) electrons. The third-order valence-electron chi connectivity index (χ3n) is 5.11. The molecular formula is C24H29FN6. The third kappa shape index (κ3) is 4.22. The molecule has 4 rings (SSSR count). The first-order chi connectivity index (χ1) is 14.4. The van der Waals surface area contributed by atoms with Gasteiger partial charge in [0.2, 0.25) is 5.95 Å². The number of amidine groups is 1. The molecule has 7 heteroatoms. The van der Waals surface area contributed by atoms with Gasteiger partial charge in [-0.05, 0) is 35.2 Å². The molecule has 3 aromatic rings. The number of benzene rings is 1. The van der Waals surface area contributed by atoms with Crippen molar-refractivity contribution in [2.24, 2.45) is 20.8 Å². The van der Waals surface area contributed by atoms with Crippen LogP contribution in [0.4, 0.5) is 10.3 Å². The van der Waals surface area contributed by atoms with Crippen molar-refractivity contribution in [3.05, 3.63) is 53.5 Å². The van der Waals surface area contributed by atoms with E-state index >= 15 is 0 Å². The predicted octanol–water partition coefficient (Wildman–Crippen LogP) is 5.19. The number of nitrogens with two attached hydrogens (primary N) is 1. The van der Waals surface area contributed by atoms with Crippen molar-refractivity contribution in [1.82, 2.24) is 14.5 Å². The van der Waals surface area contributed by atoms with Gasteiger partial charge in [0, 0.05) is 12.0 Å². The lowest BCUT2D eigenvalue weighted by atomic mass is 9.95. The molecule has 6 nitrogen and oxygen atoms in total. The maximum absolute atomic E-state index is 13.5. The van der Waals surface area contributed by atoms with E-state index in [1.54, 1.807) is 12.1 Å². The molecule has 1 atom stereocenters. The SMILES string of the molecule is CC(C)(C)Cn1c(N)nc2ccc(C3=NC(C(C)(C)C)=N[C@@H]3c3ccc(F)cc3)nc21. The summed E-state index contributed by atoms with van der Waals surface area (Å²) in [5.74, 6) is 0.924. The van der Waals surface area contributed by atoms with Crippen LogP contribution in [0.3, 0.4) is 0 Å². The number of nitrogen functional groups attached to an aromatic ring is 1. The molecule has 1 aliphatic heterocycles. The van der Waals surface area contributed by atoms with Gasteiger partial charge in [-0.1, -0.05) is 53.7 Å². The number of imidazole rings is 1. The minimum atomic E-state index is -0.337. The maximum Gasteiger partial charge on any atom is 0.202 e. The van der Waals surface area contributed by atoms with Gasteiger partial charge in [-0.25, -0.2) is 19.4 Å². The zero-order valence-corrected chi connectivity index (χ0v) is 18.9. The Labute approximate surface area is 182 Å². The zero-order valence-electron chi connectivity index (χ0n) is 18.9. The Balaban J connectivity index is 1.84. The fraction of sp³-hybridized carbons (Fsp3) is 0.417. The summed E-state index contributed by atoms with van der Waals surface area (Å²) in [5.41, 5.74) is 9.83. The molecule has 0 fully saturated rings. The molecule has 0 amide bonds. The van der Waals surface area contributed by atoms with Gasteiger partial charge >= 0.3 is 0 Å². The molecule has 2 aromatic heterocycles. The van der Waals surface area contributed by atoms with E-state index in [0.29, 0.717) is 12.5 Å². The van der Waals surface area contributed by atoms with Crippen molar-refractivity contribution in [3.63, 3.8) is 0 Å². The van der Waals surface area contributed by atoms with Gasteiger partial charge < -0.3 is 5.73 Å². The molecule has 0 bridgehead atoms. The first-order valence-electron chi connectivity index (χ1n) is 10.5. The summed E-state index contributed by atoms with van der Waals surface area (Å²) in [4.78, 5) is 19.2. The second-order valence-corrected chi connectivity index (χ2v) is 10.3. The van der Waals surface area contributed by atoms with Crippen LogP contribution in [0.5, 0.6) is 0 Å². The van der Waals surface area contributed by atoms with Crippen LogP contribution in [0.25, 0.3) is 11.2 Å². The number of hydrogen-bond acceptors (Lipinski definition) is 5. The Hall–Kier alpha value is -3.09. The molecule has 1 aromatic carbocycles. The van der Waals surface area contributed by atoms with Crippen molar-refractivity contribution in [3.8, 4) is 0 Å². The summed E-state index contributed by atoms with van der Waals surface area (Å²) in [7, 11) is 0. The average molecular weight is 421 g/mol. The Morgan fingerprint density at radius 2 is 1.65 bits per heavy atom. The van der Waals surface area contributed by atoms with E-state index in [4.69, 9.17) is 20.7 Å². The van der Waals surface area contributed by atoms with Crippen LogP contribution in [0.1, 0.15) is 58.8 Å². The number of fused-ring (bicyclic) bond motifs is 1. The van der Waals surface area contributed by atoms with Gasteiger partial charge in [-0.2, -0.15) is 0 Å². The number of nitrogens with zero attached hydrogens (tertiary/aromatic N) is 5. The van der Waals surface area contributed by atoms with Crippen LogP contribution in [-0.2, 0) is 6.54 Å². The molecule has 162 valence electrons. The lowest BCUT2D eigenvalue weighted by Gasteiger charge is -2.20. The van der Waals surface area contributed by atoms with E-state index in [0.717, 1.165) is 34.0 Å². The van der Waals surface area contributed by atoms with Crippen LogP contribution in [0.2, 0.25) is 0 Å². The third-order valence-corrected chi connectivity index (χ3v) is 5.11. The molecule has 0 saturated heterocycles. The van der Waals surface area contributed by atoms with Crippen molar-refractivity contribution in [2.75, 3.05) is 5.73 Å². The van der Waals surface area contributed by atoms with Crippen LogP contribution < -0.4 is 5.73 Å². The quantitative estimate of drug-likeness (QED) is 0.633. The number of rotatable bonds is 3. The fourth-order valence-electron chi connectivity index (χ4n) is 3.62. The topological polar surface area (TPSA) is 81.5 Å². The summed E-state index contributed by atoms with van der Waals surface area (Å²) in [6, 6.07) is 9.91. The smallest absolute Gasteiger partial charge is 0.202 e. The lowest BCUT2D eigenvalue weighted by Crippen LogP contribution is -2.18. The maximum atomic E-state index is 13.5. The van der Waals surface area contributed by atoms with E-state index in [-0.39, 0.29) is 22.7 Å². The molecule has 0 spiro atoms. The molecule has 2 N–H and O–H groups in total. The normalized spacial score (nSPS) is 17.2. The summed E-state index contributed by atoms with van der Waals surface area (Å²) in [5, 5.41) is 0. The van der Waals surface area contributed by atoms with Gasteiger partial charge in [0.1, 0.15) is 23.2 Å². The van der Waals surface area contributed by atoms with Crippen molar-refractivity contribution < 1.29 is 4.39 Å². The number of anilines is 1. The molecular weight excluding hydrogens is 391 g/mol. The van der Waals surface area contributed by atoms with Crippen LogP contribution in [0.15, 0.2) is 46.4 Å². The van der Waals surface area contributed by atoms with E-state index in [1.165, 1.54) is 12.1 Å². The highest BCUT2D eigenvalue weighted by Gasteiger charge is 2.32. The van der Waals surface area contributed by atoms with E-state index in [9.17, 15) is 4.39 Å². The second-order valence-electron chi connectivity index (χ2n) is 10.3. The first-order valence-corrected chi connectivity index (χ1v) is 10.5. The number of pyridine rings is 1. The fourth-order valence-corrected chi connectivity index (χ4v) is 3.62. The summed E-state index contributed by atoms with van der Waals surface area (Å²) in [6.07, 6.45) is 0. The summed E-state index contributed by atoms with van der Waals surface area (Å²) in [6.45, 7) is 13.4. The van der Waals surface area contributed by atoms with Crippen molar-refractivity contribution in [1.29, 1.82) is 0 Å². The number of aromatic nitrogens is 3. The number of halogens is 1. The largest absolute Gasteiger partial charge is 0.369 e. The molecule has 0 saturated carbocycles. The van der Waals surface area contributed by atoms with Crippen LogP contribution >= 0.6 is 0 Å². The zero-order chi connectivity index (χ0) is 22.6. The Morgan fingerprint density at radius 1 is 0.968 bits per heavy atom. The monoisotopic (exact) mass is 420 g/mol. The van der Waals surface area contributed by atoms with E-state index in [2.05, 4.69) is 46.5 Å². The highest BCUT2D eigenvalue weighted by atomic mass is 19.1. The average Bonchev–Trinajstić information content (AvgIpc) is 3.23.